The minimum atomic E-state index is -0.432. The lowest BCUT2D eigenvalue weighted by atomic mass is 10.1. The van der Waals surface area contributed by atoms with Crippen LogP contribution in [0.5, 0.6) is 17.4 Å². The second-order valence-corrected chi connectivity index (χ2v) is 7.53. The molecule has 4 rings (SSSR count). The first-order valence-corrected chi connectivity index (χ1v) is 11.0. The van der Waals surface area contributed by atoms with Gasteiger partial charge in [0.15, 0.2) is 6.61 Å². The molecule has 0 bridgehead atoms. The number of thiazole rings is 1. The third-order valence-corrected chi connectivity index (χ3v) is 5.27. The van der Waals surface area contributed by atoms with Gasteiger partial charge in [-0.3, -0.25) is 14.3 Å². The summed E-state index contributed by atoms with van der Waals surface area (Å²) in [5.41, 5.74) is 5.10. The Morgan fingerprint density at radius 1 is 1.12 bits per heavy atom. The number of rotatable bonds is 8. The molecule has 0 fully saturated rings. The smallest absolute Gasteiger partial charge is 0.278 e. The summed E-state index contributed by atoms with van der Waals surface area (Å²) in [5.74, 6) is 0.763. The highest BCUT2D eigenvalue weighted by atomic mass is 32.1. The number of ether oxygens (including phenoxy) is 2. The molecule has 0 atom stereocenters. The lowest BCUT2D eigenvalue weighted by Gasteiger charge is -2.11. The van der Waals surface area contributed by atoms with Crippen LogP contribution < -0.4 is 19.7 Å². The number of aromatic nitrogens is 3. The van der Waals surface area contributed by atoms with Crippen molar-refractivity contribution < 1.29 is 19.4 Å². The Bertz CT molecular complexity index is 1270. The molecule has 1 amide bonds. The molecule has 4 aromatic rings. The maximum absolute atomic E-state index is 12.2. The molecule has 2 aromatic heterocycles. The molecule has 2 heterocycles. The predicted octanol–water partition coefficient (Wildman–Crippen LogP) is 3.11. The second kappa shape index (κ2) is 10.4. The van der Waals surface area contributed by atoms with Gasteiger partial charge in [0.2, 0.25) is 10.7 Å². The fourth-order valence-corrected chi connectivity index (χ4v) is 3.84. The number of hydrogen-bond donors (Lipinski definition) is 2. The molecule has 0 saturated carbocycles. The van der Waals surface area contributed by atoms with Crippen LogP contribution in [0.25, 0.3) is 16.9 Å². The van der Waals surface area contributed by atoms with Crippen LogP contribution in [0.3, 0.4) is 0 Å². The van der Waals surface area contributed by atoms with Crippen LogP contribution in [0.4, 0.5) is 0 Å². The van der Waals surface area contributed by atoms with Crippen LogP contribution in [0.15, 0.2) is 77.6 Å². The van der Waals surface area contributed by atoms with E-state index in [4.69, 9.17) is 9.47 Å². The van der Waals surface area contributed by atoms with Gasteiger partial charge in [0.1, 0.15) is 11.5 Å². The van der Waals surface area contributed by atoms with Gasteiger partial charge >= 0.3 is 0 Å². The van der Waals surface area contributed by atoms with E-state index in [1.54, 1.807) is 12.1 Å². The topological polar surface area (TPSA) is 111 Å². The lowest BCUT2D eigenvalue weighted by Crippen LogP contribution is -2.28. The molecule has 0 aliphatic rings. The van der Waals surface area contributed by atoms with Crippen LogP contribution in [0.1, 0.15) is 6.92 Å². The quantitative estimate of drug-likeness (QED) is 0.389. The van der Waals surface area contributed by atoms with Crippen LogP contribution in [0.2, 0.25) is 0 Å². The molecule has 9 nitrogen and oxygen atoms in total. The zero-order valence-electron chi connectivity index (χ0n) is 17.7. The highest BCUT2D eigenvalue weighted by Crippen LogP contribution is 2.26. The van der Waals surface area contributed by atoms with E-state index in [1.165, 1.54) is 29.9 Å². The number of nitrogens with zero attached hydrogens (tertiary/aromatic N) is 4. The highest BCUT2D eigenvalue weighted by molar-refractivity contribution is 7.07. The van der Waals surface area contributed by atoms with E-state index in [1.807, 2.05) is 53.3 Å². The average Bonchev–Trinajstić information content (AvgIpc) is 3.27. The number of nitrogens with one attached hydrogen (secondary N) is 1. The molecule has 168 valence electrons. The van der Waals surface area contributed by atoms with Crippen molar-refractivity contribution >= 4 is 17.2 Å². The van der Waals surface area contributed by atoms with Gasteiger partial charge in [-0.05, 0) is 61.0 Å². The first kappa shape index (κ1) is 22.0. The summed E-state index contributed by atoms with van der Waals surface area (Å²) in [6.45, 7) is 2.26. The van der Waals surface area contributed by atoms with Crippen molar-refractivity contribution in [2.24, 2.45) is 5.10 Å². The third kappa shape index (κ3) is 5.55. The van der Waals surface area contributed by atoms with Crippen molar-refractivity contribution in [3.8, 4) is 34.3 Å². The van der Waals surface area contributed by atoms with Gasteiger partial charge in [-0.2, -0.15) is 0 Å². The van der Waals surface area contributed by atoms with Crippen LogP contribution in [-0.2, 0) is 4.79 Å². The molecule has 2 aromatic carbocycles. The number of amides is 1. The fourth-order valence-electron chi connectivity index (χ4n) is 2.97. The fraction of sp³-hybridized carbons (Fsp3) is 0.130. The van der Waals surface area contributed by atoms with Gasteiger partial charge in [0.05, 0.1) is 18.5 Å². The molecular formula is C23H21N5O4S. The minimum absolute atomic E-state index is 0.182. The van der Waals surface area contributed by atoms with Crippen LogP contribution >= 0.6 is 11.3 Å². The van der Waals surface area contributed by atoms with Crippen LogP contribution in [-0.4, -0.2) is 38.8 Å². The van der Waals surface area contributed by atoms with Gasteiger partial charge < -0.3 is 14.6 Å². The summed E-state index contributed by atoms with van der Waals surface area (Å²) in [6, 6.07) is 14.5. The largest absolute Gasteiger partial charge is 0.508 e. The Labute approximate surface area is 193 Å². The van der Waals surface area contributed by atoms with Gasteiger partial charge in [-0.15, -0.1) is 16.4 Å². The van der Waals surface area contributed by atoms with Gasteiger partial charge in [0, 0.05) is 23.5 Å². The van der Waals surface area contributed by atoms with Crippen molar-refractivity contribution in [1.82, 2.24) is 20.0 Å². The summed E-state index contributed by atoms with van der Waals surface area (Å²) < 4.78 is 12.8. The molecule has 0 spiro atoms. The summed E-state index contributed by atoms with van der Waals surface area (Å²) in [4.78, 5) is 20.6. The Hall–Kier alpha value is -4.18. The van der Waals surface area contributed by atoms with Crippen molar-refractivity contribution in [1.29, 1.82) is 0 Å². The Balaban J connectivity index is 1.62. The Morgan fingerprint density at radius 2 is 1.91 bits per heavy atom. The maximum Gasteiger partial charge on any atom is 0.278 e. The second-order valence-electron chi connectivity index (χ2n) is 6.69. The third-order valence-electron chi connectivity index (χ3n) is 4.44. The molecule has 0 aliphatic heterocycles. The van der Waals surface area contributed by atoms with Crippen molar-refractivity contribution in [3.63, 3.8) is 0 Å². The molecule has 2 N–H and O–H groups in total. The molecule has 0 radical (unpaired) electrons. The molecule has 0 unspecified atom stereocenters. The first-order valence-electron chi connectivity index (χ1n) is 10.1. The SMILES string of the molecule is CCOc1ccc(-n2c(-c3ccc(O)cc3)cs/c2=N\NC(=O)COc2cnccn2)cc1. The zero-order valence-corrected chi connectivity index (χ0v) is 18.5. The van der Waals surface area contributed by atoms with Gasteiger partial charge in [0.25, 0.3) is 5.91 Å². The number of benzene rings is 2. The lowest BCUT2D eigenvalue weighted by molar-refractivity contribution is -0.123. The number of phenolic OH excluding ortho intramolecular Hbond substituents is 1. The Morgan fingerprint density at radius 3 is 2.61 bits per heavy atom. The van der Waals surface area contributed by atoms with Crippen molar-refractivity contribution in [3.05, 3.63) is 77.3 Å². The summed E-state index contributed by atoms with van der Waals surface area (Å²) in [5, 5.41) is 15.9. The van der Waals surface area contributed by atoms with Crippen molar-refractivity contribution in [2.75, 3.05) is 13.2 Å². The van der Waals surface area contributed by atoms with Gasteiger partial charge in [-0.1, -0.05) is 0 Å². The van der Waals surface area contributed by atoms with E-state index in [-0.39, 0.29) is 18.2 Å². The van der Waals surface area contributed by atoms with E-state index in [0.29, 0.717) is 11.4 Å². The molecule has 0 saturated heterocycles. The first-order chi connectivity index (χ1) is 16.1. The molecular weight excluding hydrogens is 442 g/mol. The van der Waals surface area contributed by atoms with E-state index >= 15 is 0 Å². The van der Waals surface area contributed by atoms with Gasteiger partial charge in [-0.25, -0.2) is 10.4 Å². The predicted molar refractivity (Wildman–Crippen MR) is 123 cm³/mol. The standard InChI is InChI=1S/C23H21N5O4S/c1-2-31-19-9-5-17(6-10-19)28-20(16-3-7-18(29)8-4-16)15-33-23(28)27-26-21(30)14-32-22-13-24-11-12-25-22/h3-13,15,29H,2,14H2,1H3,(H,26,30)/b27-23-. The number of carbonyl (C=O) groups is 1. The number of aromatic hydroxyl groups is 1. The van der Waals surface area contributed by atoms with E-state index in [9.17, 15) is 9.90 Å². The number of carbonyl (C=O) groups excluding carboxylic acids is 1. The highest BCUT2D eigenvalue weighted by Gasteiger charge is 2.11. The summed E-state index contributed by atoms with van der Waals surface area (Å²) >= 11 is 1.37. The van der Waals surface area contributed by atoms with E-state index in [0.717, 1.165) is 22.7 Å². The Kier molecular flexibility index (Phi) is 6.96. The monoisotopic (exact) mass is 463 g/mol. The number of phenols is 1. The van der Waals surface area contributed by atoms with E-state index in [2.05, 4.69) is 20.5 Å². The molecule has 0 aliphatic carbocycles. The molecule has 33 heavy (non-hydrogen) atoms. The zero-order chi connectivity index (χ0) is 23.0. The summed E-state index contributed by atoms with van der Waals surface area (Å²) in [6.07, 6.45) is 4.42. The van der Waals surface area contributed by atoms with E-state index < -0.39 is 5.91 Å². The van der Waals surface area contributed by atoms with Crippen molar-refractivity contribution in [2.45, 2.75) is 6.92 Å². The van der Waals surface area contributed by atoms with Crippen LogP contribution in [0, 0.1) is 0 Å². The summed E-state index contributed by atoms with van der Waals surface area (Å²) in [7, 11) is 0. The maximum atomic E-state index is 12.2. The normalized spacial score (nSPS) is 11.2. The molecule has 10 heteroatoms. The minimum Gasteiger partial charge on any atom is -0.508 e. The number of hydrogen-bond acceptors (Lipinski definition) is 8. The average molecular weight is 464 g/mol.